The molecule has 0 radical (unpaired) electrons. The maximum Gasteiger partial charge on any atom is 0.227 e. The smallest absolute Gasteiger partial charge is 0.227 e. The van der Waals surface area contributed by atoms with E-state index in [0.717, 1.165) is 18.7 Å². The molecule has 4 heteroatoms. The molecule has 1 amide bonds. The van der Waals surface area contributed by atoms with Crippen LogP contribution in [-0.2, 0) is 4.79 Å². The number of aldehydes is 1. The minimum atomic E-state index is 0.108. The quantitative estimate of drug-likeness (QED) is 0.581. The second-order valence-electron chi connectivity index (χ2n) is 3.58. The summed E-state index contributed by atoms with van der Waals surface area (Å²) in [5.74, 6) is 0.108. The molecular formula is C11H12N2O2. The Morgan fingerprint density at radius 1 is 1.40 bits per heavy atom. The molecule has 1 aliphatic rings. The van der Waals surface area contributed by atoms with Crippen molar-refractivity contribution in [2.45, 2.75) is 12.8 Å². The summed E-state index contributed by atoms with van der Waals surface area (Å²) < 4.78 is 0. The number of carbonyl (C=O) groups excluding carboxylic acids is 2. The highest BCUT2D eigenvalue weighted by atomic mass is 16.2. The Hall–Kier alpha value is -1.84. The Morgan fingerprint density at radius 3 is 2.80 bits per heavy atom. The van der Waals surface area contributed by atoms with Gasteiger partial charge >= 0.3 is 0 Å². The highest BCUT2D eigenvalue weighted by Crippen LogP contribution is 2.24. The highest BCUT2D eigenvalue weighted by Gasteiger charge is 2.21. The third-order valence-electron chi connectivity index (χ3n) is 2.58. The van der Waals surface area contributed by atoms with Gasteiger partial charge in [-0.1, -0.05) is 0 Å². The summed E-state index contributed by atoms with van der Waals surface area (Å²) in [5, 5.41) is 0. The molecule has 78 valence electrons. The summed E-state index contributed by atoms with van der Waals surface area (Å²) in [6, 6.07) is 5.09. The number of hydrogen-bond donors (Lipinski definition) is 1. The molecule has 0 unspecified atom stereocenters. The molecule has 2 rings (SSSR count). The van der Waals surface area contributed by atoms with E-state index in [1.54, 1.807) is 23.1 Å². The third-order valence-corrected chi connectivity index (χ3v) is 2.58. The second-order valence-corrected chi connectivity index (χ2v) is 3.58. The van der Waals surface area contributed by atoms with Crippen LogP contribution in [0.1, 0.15) is 23.2 Å². The Kier molecular flexibility index (Phi) is 2.41. The van der Waals surface area contributed by atoms with Gasteiger partial charge in [0.05, 0.1) is 0 Å². The molecule has 1 heterocycles. The maximum atomic E-state index is 11.5. The monoisotopic (exact) mass is 204 g/mol. The van der Waals surface area contributed by atoms with E-state index in [0.29, 0.717) is 24.0 Å². The molecule has 0 saturated carbocycles. The van der Waals surface area contributed by atoms with Gasteiger partial charge in [-0.05, 0) is 24.6 Å². The van der Waals surface area contributed by atoms with E-state index in [-0.39, 0.29) is 5.91 Å². The number of rotatable bonds is 2. The van der Waals surface area contributed by atoms with Gasteiger partial charge in [0.1, 0.15) is 0 Å². The third kappa shape index (κ3) is 1.70. The van der Waals surface area contributed by atoms with E-state index in [1.165, 1.54) is 0 Å². The predicted molar refractivity (Wildman–Crippen MR) is 57.8 cm³/mol. The standard InChI is InChI=1S/C11H12N2O2/c12-10-4-3-9(6-8(10)7-14)13-5-1-2-11(13)15/h3-4,6-7H,1-2,5,12H2. The van der Waals surface area contributed by atoms with Crippen molar-refractivity contribution >= 4 is 23.6 Å². The van der Waals surface area contributed by atoms with E-state index in [1.807, 2.05) is 0 Å². The van der Waals surface area contributed by atoms with Crippen LogP contribution in [0.15, 0.2) is 18.2 Å². The Morgan fingerprint density at radius 2 is 2.20 bits per heavy atom. The van der Waals surface area contributed by atoms with Crippen LogP contribution in [0, 0.1) is 0 Å². The minimum absolute atomic E-state index is 0.108. The number of hydrogen-bond acceptors (Lipinski definition) is 3. The van der Waals surface area contributed by atoms with Gasteiger partial charge in [-0.2, -0.15) is 0 Å². The topological polar surface area (TPSA) is 63.4 Å². The first-order chi connectivity index (χ1) is 7.22. The molecule has 1 saturated heterocycles. The zero-order valence-corrected chi connectivity index (χ0v) is 8.27. The first kappa shape index (κ1) is 9.71. The Balaban J connectivity index is 2.36. The average molecular weight is 204 g/mol. The lowest BCUT2D eigenvalue weighted by molar-refractivity contribution is -0.117. The fourth-order valence-corrected chi connectivity index (χ4v) is 1.75. The van der Waals surface area contributed by atoms with E-state index < -0.39 is 0 Å². The molecule has 0 aromatic heterocycles. The highest BCUT2D eigenvalue weighted by molar-refractivity contribution is 5.97. The normalized spacial score (nSPS) is 15.7. The fourth-order valence-electron chi connectivity index (χ4n) is 1.75. The molecule has 0 bridgehead atoms. The Bertz CT molecular complexity index is 415. The number of benzene rings is 1. The zero-order chi connectivity index (χ0) is 10.8. The van der Waals surface area contributed by atoms with Crippen LogP contribution in [0.3, 0.4) is 0 Å². The minimum Gasteiger partial charge on any atom is -0.398 e. The van der Waals surface area contributed by atoms with Crippen molar-refractivity contribution in [3.8, 4) is 0 Å². The molecular weight excluding hydrogens is 192 g/mol. The van der Waals surface area contributed by atoms with Crippen molar-refractivity contribution < 1.29 is 9.59 Å². The lowest BCUT2D eigenvalue weighted by Crippen LogP contribution is -2.23. The van der Waals surface area contributed by atoms with Crippen LogP contribution in [0.5, 0.6) is 0 Å². The van der Waals surface area contributed by atoms with Crippen LogP contribution in [0.25, 0.3) is 0 Å². The number of nitrogens with two attached hydrogens (primary N) is 1. The molecule has 1 aromatic rings. The molecule has 4 nitrogen and oxygen atoms in total. The summed E-state index contributed by atoms with van der Waals surface area (Å²) in [5.41, 5.74) is 7.24. The number of carbonyl (C=O) groups is 2. The van der Waals surface area contributed by atoms with Crippen molar-refractivity contribution in [1.29, 1.82) is 0 Å². The fraction of sp³-hybridized carbons (Fsp3) is 0.273. The summed E-state index contributed by atoms with van der Waals surface area (Å²) in [6.07, 6.45) is 2.17. The summed E-state index contributed by atoms with van der Waals surface area (Å²) in [4.78, 5) is 23.8. The molecule has 1 aliphatic heterocycles. The second kappa shape index (κ2) is 3.73. The van der Waals surface area contributed by atoms with Gasteiger partial charge in [0.2, 0.25) is 5.91 Å². The first-order valence-electron chi connectivity index (χ1n) is 4.87. The molecule has 1 aromatic carbocycles. The van der Waals surface area contributed by atoms with Crippen molar-refractivity contribution in [2.24, 2.45) is 0 Å². The first-order valence-corrected chi connectivity index (χ1v) is 4.87. The summed E-state index contributed by atoms with van der Waals surface area (Å²) >= 11 is 0. The van der Waals surface area contributed by atoms with Gasteiger partial charge in [-0.3, -0.25) is 9.59 Å². The predicted octanol–water partition coefficient (Wildman–Crippen LogP) is 1.21. The van der Waals surface area contributed by atoms with Crippen molar-refractivity contribution in [1.82, 2.24) is 0 Å². The van der Waals surface area contributed by atoms with Crippen LogP contribution < -0.4 is 10.6 Å². The van der Waals surface area contributed by atoms with Gasteiger partial charge in [0, 0.05) is 29.9 Å². The number of nitrogens with zero attached hydrogens (tertiary/aromatic N) is 1. The maximum absolute atomic E-state index is 11.5. The molecule has 1 fully saturated rings. The molecule has 0 atom stereocenters. The van der Waals surface area contributed by atoms with E-state index in [9.17, 15) is 9.59 Å². The van der Waals surface area contributed by atoms with Gasteiger partial charge in [0.25, 0.3) is 0 Å². The van der Waals surface area contributed by atoms with E-state index in [2.05, 4.69) is 0 Å². The SMILES string of the molecule is Nc1ccc(N2CCCC2=O)cc1C=O. The van der Waals surface area contributed by atoms with Crippen molar-refractivity contribution in [3.05, 3.63) is 23.8 Å². The molecule has 0 spiro atoms. The van der Waals surface area contributed by atoms with Crippen LogP contribution in [-0.4, -0.2) is 18.7 Å². The number of nitrogen functional groups attached to an aromatic ring is 1. The lowest BCUT2D eigenvalue weighted by atomic mass is 10.1. The Labute approximate surface area is 87.7 Å². The van der Waals surface area contributed by atoms with Crippen LogP contribution >= 0.6 is 0 Å². The van der Waals surface area contributed by atoms with Gasteiger partial charge in [0.15, 0.2) is 6.29 Å². The number of anilines is 2. The molecule has 15 heavy (non-hydrogen) atoms. The average Bonchev–Trinajstić information content (AvgIpc) is 2.65. The van der Waals surface area contributed by atoms with Crippen LogP contribution in [0.2, 0.25) is 0 Å². The summed E-state index contributed by atoms with van der Waals surface area (Å²) in [7, 11) is 0. The zero-order valence-electron chi connectivity index (χ0n) is 8.27. The lowest BCUT2D eigenvalue weighted by Gasteiger charge is -2.16. The van der Waals surface area contributed by atoms with E-state index in [4.69, 9.17) is 5.73 Å². The van der Waals surface area contributed by atoms with Gasteiger partial charge in [-0.25, -0.2) is 0 Å². The molecule has 0 aliphatic carbocycles. The largest absolute Gasteiger partial charge is 0.398 e. The van der Waals surface area contributed by atoms with E-state index >= 15 is 0 Å². The van der Waals surface area contributed by atoms with Gasteiger partial charge < -0.3 is 10.6 Å². The van der Waals surface area contributed by atoms with Gasteiger partial charge in [-0.15, -0.1) is 0 Å². The van der Waals surface area contributed by atoms with Crippen LogP contribution in [0.4, 0.5) is 11.4 Å². The van der Waals surface area contributed by atoms with Crippen molar-refractivity contribution in [2.75, 3.05) is 17.2 Å². The number of amides is 1. The van der Waals surface area contributed by atoms with Crippen molar-refractivity contribution in [3.63, 3.8) is 0 Å². The molecule has 2 N–H and O–H groups in total. The summed E-state index contributed by atoms with van der Waals surface area (Å²) in [6.45, 7) is 0.723.